The first kappa shape index (κ1) is 21.6. The summed E-state index contributed by atoms with van der Waals surface area (Å²) in [5.41, 5.74) is 1.43. The minimum atomic E-state index is -0.746. The zero-order chi connectivity index (χ0) is 22.0. The fraction of sp³-hybridized carbons (Fsp3) is 0.609. The highest BCUT2D eigenvalue weighted by atomic mass is 16.2. The van der Waals surface area contributed by atoms with E-state index < -0.39 is 5.54 Å². The Morgan fingerprint density at radius 2 is 1.68 bits per heavy atom. The van der Waals surface area contributed by atoms with E-state index in [1.165, 1.54) is 0 Å². The molecule has 3 aliphatic rings. The fourth-order valence-corrected chi connectivity index (χ4v) is 5.08. The number of benzene rings is 1. The van der Waals surface area contributed by atoms with E-state index in [2.05, 4.69) is 28.2 Å². The average molecular weight is 428 g/mol. The lowest BCUT2D eigenvalue weighted by Crippen LogP contribution is -2.49. The molecule has 0 atom stereocenters. The molecule has 2 aliphatic heterocycles. The van der Waals surface area contributed by atoms with E-state index in [9.17, 15) is 14.4 Å². The maximum Gasteiger partial charge on any atom is 0.327 e. The normalized spacial score (nSPS) is 21.8. The van der Waals surface area contributed by atoms with Gasteiger partial charge in [-0.1, -0.05) is 37.5 Å². The van der Waals surface area contributed by atoms with E-state index in [4.69, 9.17) is 0 Å². The molecule has 168 valence electrons. The maximum atomic E-state index is 13.1. The van der Waals surface area contributed by atoms with Crippen LogP contribution < -0.4 is 10.2 Å². The Kier molecular flexibility index (Phi) is 6.18. The van der Waals surface area contributed by atoms with Crippen molar-refractivity contribution >= 4 is 23.5 Å². The summed E-state index contributed by atoms with van der Waals surface area (Å²) < 4.78 is 0. The summed E-state index contributed by atoms with van der Waals surface area (Å²) in [5, 5.41) is 2.92. The van der Waals surface area contributed by atoms with Gasteiger partial charge < -0.3 is 20.0 Å². The first-order chi connectivity index (χ1) is 14.9. The Bertz CT molecular complexity index is 843. The largest absolute Gasteiger partial charge is 0.369 e. The molecule has 0 aromatic heterocycles. The molecule has 8 nitrogen and oxygen atoms in total. The zero-order valence-corrected chi connectivity index (χ0v) is 18.6. The van der Waals surface area contributed by atoms with Crippen LogP contribution in [0.2, 0.25) is 0 Å². The van der Waals surface area contributed by atoms with E-state index >= 15 is 0 Å². The predicted octanol–water partition coefficient (Wildman–Crippen LogP) is 1.65. The van der Waals surface area contributed by atoms with E-state index in [0.717, 1.165) is 61.6 Å². The van der Waals surface area contributed by atoms with Crippen LogP contribution in [0.1, 0.15) is 37.7 Å². The molecule has 0 radical (unpaired) electrons. The number of hydrogen-bond acceptors (Lipinski definition) is 5. The molecule has 3 fully saturated rings. The van der Waals surface area contributed by atoms with Crippen LogP contribution in [0.3, 0.4) is 0 Å². The van der Waals surface area contributed by atoms with Gasteiger partial charge in [-0.25, -0.2) is 4.79 Å². The third kappa shape index (κ3) is 4.13. The van der Waals surface area contributed by atoms with Crippen LogP contribution in [0.15, 0.2) is 24.3 Å². The Morgan fingerprint density at radius 1 is 1.00 bits per heavy atom. The van der Waals surface area contributed by atoms with Crippen LogP contribution in [-0.4, -0.2) is 84.9 Å². The molecular weight excluding hydrogens is 394 g/mol. The topological polar surface area (TPSA) is 76.2 Å². The lowest BCUT2D eigenvalue weighted by atomic mass is 9.81. The number of nitrogens with one attached hydrogen (secondary N) is 1. The van der Waals surface area contributed by atoms with Gasteiger partial charge in [-0.15, -0.1) is 0 Å². The highest BCUT2D eigenvalue weighted by Gasteiger charge is 2.55. The van der Waals surface area contributed by atoms with Crippen LogP contribution in [0.4, 0.5) is 10.5 Å². The van der Waals surface area contributed by atoms with Gasteiger partial charge in [0.25, 0.3) is 5.91 Å². The number of imide groups is 1. The number of urea groups is 1. The second-order valence-electron chi connectivity index (χ2n) is 9.02. The second-order valence-corrected chi connectivity index (χ2v) is 9.02. The number of nitrogens with zero attached hydrogens (tertiary/aromatic N) is 4. The number of rotatable bonds is 5. The van der Waals surface area contributed by atoms with E-state index in [1.807, 2.05) is 18.2 Å². The number of amides is 4. The van der Waals surface area contributed by atoms with Gasteiger partial charge in [-0.05, 0) is 31.5 Å². The third-order valence-electron chi connectivity index (χ3n) is 7.10. The maximum absolute atomic E-state index is 13.1. The van der Waals surface area contributed by atoms with Crippen LogP contribution >= 0.6 is 0 Å². The number of piperazine rings is 1. The Morgan fingerprint density at radius 3 is 2.39 bits per heavy atom. The van der Waals surface area contributed by atoms with Gasteiger partial charge in [-0.3, -0.25) is 14.5 Å². The summed E-state index contributed by atoms with van der Waals surface area (Å²) >= 11 is 0. The number of hydrogen-bond donors (Lipinski definition) is 1. The van der Waals surface area contributed by atoms with Crippen molar-refractivity contribution in [2.24, 2.45) is 0 Å². The summed E-state index contributed by atoms with van der Waals surface area (Å²) in [6, 6.07) is 7.73. The molecule has 1 spiro atoms. The number of para-hydroxylation sites is 1. The van der Waals surface area contributed by atoms with Crippen molar-refractivity contribution in [3.05, 3.63) is 29.8 Å². The number of carbonyl (C=O) groups is 3. The first-order valence-electron chi connectivity index (χ1n) is 11.3. The highest BCUT2D eigenvalue weighted by Crippen LogP contribution is 2.39. The third-order valence-corrected chi connectivity index (χ3v) is 7.10. The molecule has 1 aromatic rings. The molecule has 0 unspecified atom stereocenters. The molecule has 0 bridgehead atoms. The molecule has 31 heavy (non-hydrogen) atoms. The Hall–Kier alpha value is -2.61. The van der Waals surface area contributed by atoms with Gasteiger partial charge in [0.05, 0.1) is 0 Å². The van der Waals surface area contributed by atoms with Crippen LogP contribution in [0.25, 0.3) is 0 Å². The van der Waals surface area contributed by atoms with Crippen molar-refractivity contribution in [3.63, 3.8) is 0 Å². The summed E-state index contributed by atoms with van der Waals surface area (Å²) in [6.45, 7) is 4.07. The van der Waals surface area contributed by atoms with E-state index in [-0.39, 0.29) is 24.4 Å². The SMILES string of the molecule is CN1CCN(c2ccccc2CNC(=O)CN2C(=O)N(C)C3(CCCCC3)C2=O)CC1. The lowest BCUT2D eigenvalue weighted by Gasteiger charge is -2.35. The smallest absolute Gasteiger partial charge is 0.327 e. The minimum Gasteiger partial charge on any atom is -0.369 e. The van der Waals surface area contributed by atoms with Gasteiger partial charge >= 0.3 is 6.03 Å². The van der Waals surface area contributed by atoms with Gasteiger partial charge in [0, 0.05) is 45.5 Å². The molecular formula is C23H33N5O3. The van der Waals surface area contributed by atoms with Gasteiger partial charge in [0.2, 0.25) is 5.91 Å². The van der Waals surface area contributed by atoms with Crippen LogP contribution in [-0.2, 0) is 16.1 Å². The molecule has 1 N–H and O–H groups in total. The Balaban J connectivity index is 1.38. The van der Waals surface area contributed by atoms with Gasteiger partial charge in [0.1, 0.15) is 12.1 Å². The molecule has 8 heteroatoms. The molecule has 2 heterocycles. The first-order valence-corrected chi connectivity index (χ1v) is 11.3. The molecule has 1 saturated carbocycles. The summed E-state index contributed by atoms with van der Waals surface area (Å²) in [7, 11) is 3.81. The Labute approximate surface area is 184 Å². The average Bonchev–Trinajstić information content (AvgIpc) is 2.95. The van der Waals surface area contributed by atoms with Crippen molar-refractivity contribution in [1.29, 1.82) is 0 Å². The molecule has 1 aromatic carbocycles. The van der Waals surface area contributed by atoms with E-state index in [0.29, 0.717) is 19.4 Å². The molecule has 4 amide bonds. The zero-order valence-electron chi connectivity index (χ0n) is 18.6. The molecule has 4 rings (SSSR count). The van der Waals surface area contributed by atoms with Gasteiger partial charge in [0.15, 0.2) is 0 Å². The quantitative estimate of drug-likeness (QED) is 0.724. The molecule has 2 saturated heterocycles. The minimum absolute atomic E-state index is 0.215. The molecule has 1 aliphatic carbocycles. The highest BCUT2D eigenvalue weighted by molar-refractivity contribution is 6.08. The lowest BCUT2D eigenvalue weighted by molar-refractivity contribution is -0.137. The van der Waals surface area contributed by atoms with Crippen LogP contribution in [0, 0.1) is 0 Å². The number of likely N-dealkylation sites (N-methyl/N-ethyl adjacent to an activating group) is 2. The van der Waals surface area contributed by atoms with Crippen molar-refractivity contribution in [3.8, 4) is 0 Å². The fourth-order valence-electron chi connectivity index (χ4n) is 5.08. The van der Waals surface area contributed by atoms with Crippen molar-refractivity contribution < 1.29 is 14.4 Å². The second kappa shape index (κ2) is 8.86. The summed E-state index contributed by atoms with van der Waals surface area (Å²) in [6.07, 6.45) is 4.33. The van der Waals surface area contributed by atoms with Crippen LogP contribution in [0.5, 0.6) is 0 Å². The monoisotopic (exact) mass is 427 g/mol. The number of anilines is 1. The summed E-state index contributed by atoms with van der Waals surface area (Å²) in [5.74, 6) is -0.524. The van der Waals surface area contributed by atoms with Crippen molar-refractivity contribution in [2.45, 2.75) is 44.2 Å². The predicted molar refractivity (Wildman–Crippen MR) is 119 cm³/mol. The van der Waals surface area contributed by atoms with Gasteiger partial charge in [-0.2, -0.15) is 0 Å². The van der Waals surface area contributed by atoms with Crippen molar-refractivity contribution in [2.75, 3.05) is 51.7 Å². The number of carbonyl (C=O) groups excluding carboxylic acids is 3. The van der Waals surface area contributed by atoms with E-state index in [1.54, 1.807) is 11.9 Å². The standard InChI is InChI=1S/C23H33N5O3/c1-25-12-14-27(15-13-25)19-9-5-4-8-18(19)16-24-20(29)17-28-21(30)23(26(2)22(28)31)10-6-3-7-11-23/h4-5,8-9H,3,6-7,10-17H2,1-2H3,(H,24,29). The summed E-state index contributed by atoms with van der Waals surface area (Å²) in [4.78, 5) is 45.8. The van der Waals surface area contributed by atoms with Crippen molar-refractivity contribution in [1.82, 2.24) is 20.0 Å².